The Balaban J connectivity index is 1.98. The van der Waals surface area contributed by atoms with E-state index in [0.29, 0.717) is 18.4 Å². The van der Waals surface area contributed by atoms with Gasteiger partial charge < -0.3 is 5.73 Å². The van der Waals surface area contributed by atoms with Crippen molar-refractivity contribution in [2.75, 3.05) is 5.73 Å². The highest BCUT2D eigenvalue weighted by Gasteiger charge is 2.11. The van der Waals surface area contributed by atoms with Crippen molar-refractivity contribution in [3.63, 3.8) is 0 Å². The van der Waals surface area contributed by atoms with Crippen LogP contribution < -0.4 is 5.73 Å². The average Bonchev–Trinajstić information content (AvgIpc) is 2.78. The van der Waals surface area contributed by atoms with Gasteiger partial charge in [0, 0.05) is 6.20 Å². The highest BCUT2D eigenvalue weighted by molar-refractivity contribution is 5.77. The summed E-state index contributed by atoms with van der Waals surface area (Å²) in [6.45, 7) is 7.11. The molecule has 0 atom stereocenters. The molecule has 4 nitrogen and oxygen atoms in total. The molecule has 0 aliphatic rings. The highest BCUT2D eigenvalue weighted by Crippen LogP contribution is 2.21. The number of nitrogen functional groups attached to an aromatic ring is 1. The second-order valence-corrected chi connectivity index (χ2v) is 5.75. The summed E-state index contributed by atoms with van der Waals surface area (Å²) in [5, 5.41) is 0. The maximum atomic E-state index is 6.06. The number of aromatic nitrogens is 3. The van der Waals surface area contributed by atoms with Gasteiger partial charge in [0.1, 0.15) is 5.52 Å². The summed E-state index contributed by atoms with van der Waals surface area (Å²) in [6.07, 6.45) is 1.80. The molecular formula is C17H20N4. The fourth-order valence-electron chi connectivity index (χ4n) is 2.50. The minimum absolute atomic E-state index is 0.514. The topological polar surface area (TPSA) is 56.7 Å². The Kier molecular flexibility index (Phi) is 3.37. The number of nitrogens with two attached hydrogens (primary N) is 1. The molecule has 21 heavy (non-hydrogen) atoms. The van der Waals surface area contributed by atoms with Crippen LogP contribution in [0.25, 0.3) is 11.2 Å². The number of hydrogen-bond acceptors (Lipinski definition) is 3. The van der Waals surface area contributed by atoms with Crippen LogP contribution in [0.15, 0.2) is 36.5 Å². The van der Waals surface area contributed by atoms with E-state index >= 15 is 0 Å². The van der Waals surface area contributed by atoms with Gasteiger partial charge in [-0.3, -0.25) is 4.57 Å². The van der Waals surface area contributed by atoms with Crippen LogP contribution in [0.2, 0.25) is 0 Å². The van der Waals surface area contributed by atoms with E-state index in [4.69, 9.17) is 5.73 Å². The third-order valence-corrected chi connectivity index (χ3v) is 3.85. The van der Waals surface area contributed by atoms with Crippen LogP contribution in [0.5, 0.6) is 0 Å². The van der Waals surface area contributed by atoms with Crippen LogP contribution in [-0.2, 0) is 6.54 Å². The zero-order chi connectivity index (χ0) is 15.0. The number of hydrogen-bond donors (Lipinski definition) is 1. The Morgan fingerprint density at radius 1 is 1.14 bits per heavy atom. The fraction of sp³-hybridized carbons (Fsp3) is 0.294. The largest absolute Gasteiger partial charge is 0.369 e. The monoisotopic (exact) mass is 280 g/mol. The van der Waals surface area contributed by atoms with E-state index in [1.807, 2.05) is 17.6 Å². The second kappa shape index (κ2) is 5.20. The van der Waals surface area contributed by atoms with Gasteiger partial charge in [-0.1, -0.05) is 38.1 Å². The van der Waals surface area contributed by atoms with Gasteiger partial charge in [0.2, 0.25) is 5.95 Å². The molecule has 0 fully saturated rings. The maximum absolute atomic E-state index is 6.06. The molecular weight excluding hydrogens is 260 g/mol. The van der Waals surface area contributed by atoms with Gasteiger partial charge >= 0.3 is 0 Å². The number of anilines is 1. The van der Waals surface area contributed by atoms with E-state index in [1.54, 1.807) is 6.20 Å². The van der Waals surface area contributed by atoms with Gasteiger partial charge in [0.15, 0.2) is 5.65 Å². The summed E-state index contributed by atoms with van der Waals surface area (Å²) in [6, 6.07) is 10.6. The first-order valence-corrected chi connectivity index (χ1v) is 7.22. The summed E-state index contributed by atoms with van der Waals surface area (Å²) >= 11 is 0. The van der Waals surface area contributed by atoms with E-state index in [9.17, 15) is 0 Å². The van der Waals surface area contributed by atoms with E-state index in [0.717, 1.165) is 16.7 Å². The summed E-state index contributed by atoms with van der Waals surface area (Å²) < 4.78 is 1.96. The Labute approximate surface area is 124 Å². The van der Waals surface area contributed by atoms with E-state index in [2.05, 4.69) is 48.1 Å². The summed E-state index contributed by atoms with van der Waals surface area (Å²) in [7, 11) is 0. The first-order chi connectivity index (χ1) is 10.1. The number of nitrogens with zero attached hydrogens (tertiary/aromatic N) is 3. The van der Waals surface area contributed by atoms with Gasteiger partial charge in [-0.05, 0) is 35.6 Å². The standard InChI is InChI=1S/C17H20N4/c1-11(2)14-6-4-13(5-7-14)10-21-16-15(20-17(21)18)12(3)8-9-19-16/h4-9,11H,10H2,1-3H3,(H2,18,20). The van der Waals surface area contributed by atoms with Gasteiger partial charge in [-0.25, -0.2) is 9.97 Å². The van der Waals surface area contributed by atoms with Crippen molar-refractivity contribution >= 4 is 17.1 Å². The predicted molar refractivity (Wildman–Crippen MR) is 86.3 cm³/mol. The zero-order valence-electron chi connectivity index (χ0n) is 12.7. The Morgan fingerprint density at radius 3 is 2.52 bits per heavy atom. The Morgan fingerprint density at radius 2 is 1.86 bits per heavy atom. The average molecular weight is 280 g/mol. The summed E-state index contributed by atoms with van der Waals surface area (Å²) in [4.78, 5) is 8.86. The van der Waals surface area contributed by atoms with Crippen molar-refractivity contribution in [3.05, 3.63) is 53.2 Å². The molecule has 0 radical (unpaired) electrons. The minimum atomic E-state index is 0.514. The second-order valence-electron chi connectivity index (χ2n) is 5.75. The lowest BCUT2D eigenvalue weighted by Crippen LogP contribution is -2.05. The molecule has 2 N–H and O–H groups in total. The van der Waals surface area contributed by atoms with Crippen molar-refractivity contribution in [2.24, 2.45) is 0 Å². The highest BCUT2D eigenvalue weighted by atomic mass is 15.2. The molecule has 0 saturated carbocycles. The van der Waals surface area contributed by atoms with Crippen LogP contribution in [0, 0.1) is 6.92 Å². The molecule has 0 unspecified atom stereocenters. The molecule has 2 heterocycles. The van der Waals surface area contributed by atoms with Crippen molar-refractivity contribution in [3.8, 4) is 0 Å². The van der Waals surface area contributed by atoms with Crippen LogP contribution in [0.3, 0.4) is 0 Å². The van der Waals surface area contributed by atoms with Gasteiger partial charge in [-0.15, -0.1) is 0 Å². The van der Waals surface area contributed by atoms with Crippen molar-refractivity contribution in [1.82, 2.24) is 14.5 Å². The number of rotatable bonds is 3. The quantitative estimate of drug-likeness (QED) is 0.799. The van der Waals surface area contributed by atoms with E-state index in [1.165, 1.54) is 11.1 Å². The number of aryl methyl sites for hydroxylation is 1. The van der Waals surface area contributed by atoms with Crippen LogP contribution in [0.4, 0.5) is 5.95 Å². The molecule has 0 aliphatic heterocycles. The number of imidazole rings is 1. The third-order valence-electron chi connectivity index (χ3n) is 3.85. The van der Waals surface area contributed by atoms with Gasteiger partial charge in [-0.2, -0.15) is 0 Å². The molecule has 3 aromatic rings. The lowest BCUT2D eigenvalue weighted by molar-refractivity contribution is 0.821. The molecule has 2 aromatic heterocycles. The molecule has 0 saturated heterocycles. The van der Waals surface area contributed by atoms with Crippen molar-refractivity contribution < 1.29 is 0 Å². The molecule has 0 spiro atoms. The van der Waals surface area contributed by atoms with Crippen LogP contribution in [0.1, 0.15) is 36.5 Å². The SMILES string of the molecule is Cc1ccnc2c1nc(N)n2Cc1ccc(C(C)C)cc1. The first kappa shape index (κ1) is 13.6. The Hall–Kier alpha value is -2.36. The molecule has 108 valence electrons. The van der Waals surface area contributed by atoms with Crippen molar-refractivity contribution in [1.29, 1.82) is 0 Å². The molecule has 1 aromatic carbocycles. The van der Waals surface area contributed by atoms with Crippen LogP contribution >= 0.6 is 0 Å². The first-order valence-electron chi connectivity index (χ1n) is 7.22. The number of fused-ring (bicyclic) bond motifs is 1. The smallest absolute Gasteiger partial charge is 0.202 e. The predicted octanol–water partition coefficient (Wildman–Crippen LogP) is 3.49. The maximum Gasteiger partial charge on any atom is 0.202 e. The molecule has 4 heteroatoms. The minimum Gasteiger partial charge on any atom is -0.369 e. The third kappa shape index (κ3) is 2.49. The summed E-state index contributed by atoms with van der Waals surface area (Å²) in [5.41, 5.74) is 11.4. The number of pyridine rings is 1. The van der Waals surface area contributed by atoms with E-state index in [-0.39, 0.29) is 0 Å². The lowest BCUT2D eigenvalue weighted by atomic mass is 10.0. The molecule has 0 aliphatic carbocycles. The van der Waals surface area contributed by atoms with Gasteiger partial charge in [0.25, 0.3) is 0 Å². The Bertz CT molecular complexity index is 769. The van der Waals surface area contributed by atoms with E-state index < -0.39 is 0 Å². The van der Waals surface area contributed by atoms with Crippen molar-refractivity contribution in [2.45, 2.75) is 33.2 Å². The molecule has 3 rings (SSSR count). The normalized spacial score (nSPS) is 11.4. The molecule has 0 amide bonds. The lowest BCUT2D eigenvalue weighted by Gasteiger charge is -2.09. The molecule has 0 bridgehead atoms. The summed E-state index contributed by atoms with van der Waals surface area (Å²) in [5.74, 6) is 1.06. The van der Waals surface area contributed by atoms with Gasteiger partial charge in [0.05, 0.1) is 6.54 Å². The fourth-order valence-corrected chi connectivity index (χ4v) is 2.50. The zero-order valence-corrected chi connectivity index (χ0v) is 12.7. The number of benzene rings is 1. The van der Waals surface area contributed by atoms with Crippen LogP contribution in [-0.4, -0.2) is 14.5 Å².